The molecule has 2 aromatic rings. The average molecular weight is 477 g/mol. The lowest BCUT2D eigenvalue weighted by Crippen LogP contribution is -2.40. The Labute approximate surface area is 193 Å². The van der Waals surface area contributed by atoms with Crippen LogP contribution in [0.4, 0.5) is 11.4 Å². The molecule has 1 saturated heterocycles. The van der Waals surface area contributed by atoms with Crippen molar-refractivity contribution in [3.05, 3.63) is 48.5 Å². The van der Waals surface area contributed by atoms with Crippen LogP contribution in [0.2, 0.25) is 0 Å². The number of carbonyl (C=O) groups excluding carboxylic acids is 2. The van der Waals surface area contributed by atoms with E-state index < -0.39 is 15.9 Å². The molecule has 1 fully saturated rings. The maximum Gasteiger partial charge on any atom is 0.243 e. The van der Waals surface area contributed by atoms with E-state index in [1.807, 2.05) is 0 Å². The summed E-state index contributed by atoms with van der Waals surface area (Å²) in [5.41, 5.74) is 6.48. The fourth-order valence-corrected chi connectivity index (χ4v) is 4.77. The molecule has 178 valence electrons. The summed E-state index contributed by atoms with van der Waals surface area (Å²) < 4.78 is 37.2. The Kier molecular flexibility index (Phi) is 8.26. The summed E-state index contributed by atoms with van der Waals surface area (Å²) in [4.78, 5) is 25.8. The Hall–Kier alpha value is -3.15. The molecule has 1 aliphatic rings. The summed E-state index contributed by atoms with van der Waals surface area (Å²) in [6, 6.07) is 13.1. The molecule has 11 heteroatoms. The van der Waals surface area contributed by atoms with Gasteiger partial charge in [0.15, 0.2) is 0 Å². The number of amides is 2. The lowest BCUT2D eigenvalue weighted by atomic mass is 10.2. The van der Waals surface area contributed by atoms with Crippen LogP contribution >= 0.6 is 0 Å². The SMILES string of the molecule is COc1ccc(N(CCC(N)=O)CC(=O)Nc2ccc(S(=O)(=O)N3CCOCC3)cc2)cc1. The van der Waals surface area contributed by atoms with Crippen molar-refractivity contribution in [1.82, 2.24) is 4.31 Å². The van der Waals surface area contributed by atoms with E-state index in [4.69, 9.17) is 15.2 Å². The molecule has 0 aliphatic carbocycles. The zero-order valence-electron chi connectivity index (χ0n) is 18.4. The van der Waals surface area contributed by atoms with Crippen LogP contribution in [0.5, 0.6) is 5.75 Å². The van der Waals surface area contributed by atoms with Gasteiger partial charge in [-0.25, -0.2) is 8.42 Å². The lowest BCUT2D eigenvalue weighted by Gasteiger charge is -2.26. The van der Waals surface area contributed by atoms with Crippen molar-refractivity contribution in [3.63, 3.8) is 0 Å². The van der Waals surface area contributed by atoms with Gasteiger partial charge in [0.25, 0.3) is 0 Å². The average Bonchev–Trinajstić information content (AvgIpc) is 2.82. The third-order valence-corrected chi connectivity index (χ3v) is 7.06. The van der Waals surface area contributed by atoms with Crippen LogP contribution in [0.15, 0.2) is 53.4 Å². The Bertz CT molecular complexity index is 1050. The predicted octanol–water partition coefficient (Wildman–Crippen LogP) is 1.04. The number of nitrogens with two attached hydrogens (primary N) is 1. The number of nitrogens with zero attached hydrogens (tertiary/aromatic N) is 2. The molecule has 0 spiro atoms. The van der Waals surface area contributed by atoms with Gasteiger partial charge in [0, 0.05) is 37.4 Å². The van der Waals surface area contributed by atoms with E-state index in [-0.39, 0.29) is 30.3 Å². The van der Waals surface area contributed by atoms with Crippen LogP contribution in [0.3, 0.4) is 0 Å². The number of rotatable bonds is 10. The number of hydrogen-bond acceptors (Lipinski definition) is 7. The van der Waals surface area contributed by atoms with Crippen LogP contribution in [0.1, 0.15) is 6.42 Å². The van der Waals surface area contributed by atoms with E-state index in [9.17, 15) is 18.0 Å². The minimum Gasteiger partial charge on any atom is -0.497 e. The van der Waals surface area contributed by atoms with E-state index >= 15 is 0 Å². The summed E-state index contributed by atoms with van der Waals surface area (Å²) in [5.74, 6) is -0.116. The van der Waals surface area contributed by atoms with E-state index in [1.165, 1.54) is 16.4 Å². The third-order valence-electron chi connectivity index (χ3n) is 5.15. The maximum absolute atomic E-state index is 12.7. The third kappa shape index (κ3) is 6.67. The molecule has 33 heavy (non-hydrogen) atoms. The normalized spacial score (nSPS) is 14.5. The molecule has 2 amide bonds. The van der Waals surface area contributed by atoms with Crippen molar-refractivity contribution in [1.29, 1.82) is 0 Å². The molecule has 3 N–H and O–H groups in total. The minimum absolute atomic E-state index is 0.0204. The molecule has 0 bridgehead atoms. The first-order valence-electron chi connectivity index (χ1n) is 10.4. The molecule has 0 unspecified atom stereocenters. The summed E-state index contributed by atoms with van der Waals surface area (Å²) in [6.07, 6.45) is 0.0907. The fraction of sp³-hybridized carbons (Fsp3) is 0.364. The molecular formula is C22H28N4O6S. The molecular weight excluding hydrogens is 448 g/mol. The van der Waals surface area contributed by atoms with Gasteiger partial charge in [-0.15, -0.1) is 0 Å². The fourth-order valence-electron chi connectivity index (χ4n) is 3.36. The summed E-state index contributed by atoms with van der Waals surface area (Å²) >= 11 is 0. The Balaban J connectivity index is 1.66. The molecule has 3 rings (SSSR count). The van der Waals surface area contributed by atoms with E-state index in [0.29, 0.717) is 37.7 Å². The van der Waals surface area contributed by atoms with Gasteiger partial charge in [0.05, 0.1) is 31.8 Å². The van der Waals surface area contributed by atoms with Crippen LogP contribution in [0.25, 0.3) is 0 Å². The Morgan fingerprint density at radius 1 is 1.09 bits per heavy atom. The van der Waals surface area contributed by atoms with E-state index in [2.05, 4.69) is 5.32 Å². The highest BCUT2D eigenvalue weighted by molar-refractivity contribution is 7.89. The minimum atomic E-state index is -3.61. The summed E-state index contributed by atoms with van der Waals surface area (Å²) in [5, 5.41) is 2.76. The van der Waals surface area contributed by atoms with Gasteiger partial charge in [-0.3, -0.25) is 9.59 Å². The van der Waals surface area contributed by atoms with Gasteiger partial charge in [-0.1, -0.05) is 0 Å². The topological polar surface area (TPSA) is 131 Å². The van der Waals surface area contributed by atoms with E-state index in [0.717, 1.165) is 5.69 Å². The molecule has 1 heterocycles. The summed E-state index contributed by atoms with van der Waals surface area (Å²) in [6.45, 7) is 1.61. The van der Waals surface area contributed by atoms with Crippen LogP contribution < -0.4 is 20.7 Å². The Morgan fingerprint density at radius 3 is 2.30 bits per heavy atom. The zero-order chi connectivity index (χ0) is 23.8. The predicted molar refractivity (Wildman–Crippen MR) is 124 cm³/mol. The van der Waals surface area contributed by atoms with Crippen LogP contribution in [0, 0.1) is 0 Å². The van der Waals surface area contributed by atoms with Crippen molar-refractivity contribution in [2.75, 3.05) is 56.7 Å². The molecule has 2 aromatic carbocycles. The number of anilines is 2. The van der Waals surface area contributed by atoms with Gasteiger partial charge in [-0.05, 0) is 48.5 Å². The monoisotopic (exact) mass is 476 g/mol. The highest BCUT2D eigenvalue weighted by atomic mass is 32.2. The first kappa shape index (κ1) is 24.5. The molecule has 0 atom stereocenters. The quantitative estimate of drug-likeness (QED) is 0.524. The van der Waals surface area contributed by atoms with Gasteiger partial charge in [0.1, 0.15) is 5.75 Å². The second-order valence-corrected chi connectivity index (χ2v) is 9.36. The molecule has 0 aromatic heterocycles. The van der Waals surface area contributed by atoms with Gasteiger partial charge in [0.2, 0.25) is 21.8 Å². The second kappa shape index (κ2) is 11.1. The largest absolute Gasteiger partial charge is 0.497 e. The van der Waals surface area contributed by atoms with Crippen LogP contribution in [-0.2, 0) is 24.3 Å². The summed E-state index contributed by atoms with van der Waals surface area (Å²) in [7, 11) is -2.04. The number of carbonyl (C=O) groups is 2. The smallest absolute Gasteiger partial charge is 0.243 e. The van der Waals surface area contributed by atoms with Crippen molar-refractivity contribution in [2.45, 2.75) is 11.3 Å². The number of morpholine rings is 1. The molecule has 1 aliphatic heterocycles. The van der Waals surface area contributed by atoms with Gasteiger partial charge in [-0.2, -0.15) is 4.31 Å². The standard InChI is InChI=1S/C22H28N4O6S/c1-31-19-6-4-18(5-7-19)25(11-10-21(23)27)16-22(28)24-17-2-8-20(9-3-17)33(29,30)26-12-14-32-15-13-26/h2-9H,10-16H2,1H3,(H2,23,27)(H,24,28). The second-order valence-electron chi connectivity index (χ2n) is 7.42. The molecule has 10 nitrogen and oxygen atoms in total. The first-order valence-corrected chi connectivity index (χ1v) is 11.9. The molecule has 0 radical (unpaired) electrons. The first-order chi connectivity index (χ1) is 15.8. The van der Waals surface area contributed by atoms with Crippen LogP contribution in [-0.4, -0.2) is 71.0 Å². The number of sulfonamides is 1. The van der Waals surface area contributed by atoms with Crippen molar-refractivity contribution in [3.8, 4) is 5.75 Å². The van der Waals surface area contributed by atoms with Gasteiger partial charge >= 0.3 is 0 Å². The van der Waals surface area contributed by atoms with E-state index in [1.54, 1.807) is 48.4 Å². The number of methoxy groups -OCH3 is 1. The number of benzene rings is 2. The van der Waals surface area contributed by atoms with Crippen molar-refractivity contribution in [2.24, 2.45) is 5.73 Å². The highest BCUT2D eigenvalue weighted by Crippen LogP contribution is 2.21. The highest BCUT2D eigenvalue weighted by Gasteiger charge is 2.26. The van der Waals surface area contributed by atoms with Gasteiger partial charge < -0.3 is 25.4 Å². The number of primary amides is 1. The number of ether oxygens (including phenoxy) is 2. The maximum atomic E-state index is 12.7. The number of hydrogen-bond donors (Lipinski definition) is 2. The zero-order valence-corrected chi connectivity index (χ0v) is 19.2. The van der Waals surface area contributed by atoms with Crippen molar-refractivity contribution < 1.29 is 27.5 Å². The Morgan fingerprint density at radius 2 is 1.73 bits per heavy atom. The van der Waals surface area contributed by atoms with Crippen molar-refractivity contribution >= 4 is 33.2 Å². The molecule has 0 saturated carbocycles. The number of nitrogens with one attached hydrogen (secondary N) is 1. The lowest BCUT2D eigenvalue weighted by molar-refractivity contribution is -0.118.